The van der Waals surface area contributed by atoms with Gasteiger partial charge in [-0.2, -0.15) is 0 Å². The first-order valence-electron chi connectivity index (χ1n) is 6.73. The molecule has 1 aromatic carbocycles. The summed E-state index contributed by atoms with van der Waals surface area (Å²) in [5.41, 5.74) is 2.15. The van der Waals surface area contributed by atoms with Crippen LogP contribution in [-0.2, 0) is 32.7 Å². The van der Waals surface area contributed by atoms with Gasteiger partial charge in [0, 0.05) is 50.7 Å². The number of hydrogen-bond acceptors (Lipinski definition) is 2. The zero-order valence-corrected chi connectivity index (χ0v) is 15.4. The predicted molar refractivity (Wildman–Crippen MR) is 87.2 cm³/mol. The summed E-state index contributed by atoms with van der Waals surface area (Å²) in [7, 11) is 0. The fraction of sp³-hybridized carbons (Fsp3) is 0.111. The molecule has 3 heteroatoms. The molecule has 0 fully saturated rings. The summed E-state index contributed by atoms with van der Waals surface area (Å²) in [4.78, 5) is 8.59. The van der Waals surface area contributed by atoms with Crippen LogP contribution < -0.4 is 0 Å². The van der Waals surface area contributed by atoms with Crippen molar-refractivity contribution in [1.82, 2.24) is 9.97 Å². The standard InChI is InChI=1S/C16H14N2.C2H6.Y/c1-2-3-4-8-11-16-17-12-15(13-18-16)14-9-6-5-7-10-14;1-2;/h2-13H,1H2;1-2H3;/b4-3-,11-8-;;. The molecule has 2 aromatic rings. The van der Waals surface area contributed by atoms with Crippen LogP contribution in [0, 0.1) is 0 Å². The van der Waals surface area contributed by atoms with Crippen LogP contribution in [0.4, 0.5) is 0 Å². The SMILES string of the molecule is C=C/C=C\C=C/c1ncc(-c2ccccc2)cn1.CC.[Y]. The summed E-state index contributed by atoms with van der Waals surface area (Å²) in [6, 6.07) is 10.1. The number of aromatic nitrogens is 2. The molecule has 0 unspecified atom stereocenters. The van der Waals surface area contributed by atoms with Crippen molar-refractivity contribution in [2.75, 3.05) is 0 Å². The zero-order chi connectivity index (χ0) is 14.6. The molecule has 0 bridgehead atoms. The van der Waals surface area contributed by atoms with Gasteiger partial charge in [0.15, 0.2) is 5.82 Å². The van der Waals surface area contributed by atoms with E-state index in [1.165, 1.54) is 0 Å². The minimum absolute atomic E-state index is 0. The van der Waals surface area contributed by atoms with E-state index in [0.29, 0.717) is 5.82 Å². The molecular weight excluding hydrogens is 333 g/mol. The van der Waals surface area contributed by atoms with E-state index in [1.807, 2.05) is 80.9 Å². The molecular formula is C18H20N2Y. The van der Waals surface area contributed by atoms with Crippen LogP contribution >= 0.6 is 0 Å². The van der Waals surface area contributed by atoms with Gasteiger partial charge in [-0.1, -0.05) is 75.1 Å². The number of nitrogens with zero attached hydrogens (tertiary/aromatic N) is 2. The van der Waals surface area contributed by atoms with Gasteiger partial charge in [-0.25, -0.2) is 9.97 Å². The largest absolute Gasteiger partial charge is 0.236 e. The van der Waals surface area contributed by atoms with Crippen molar-refractivity contribution in [2.24, 2.45) is 0 Å². The van der Waals surface area contributed by atoms with Gasteiger partial charge in [-0.3, -0.25) is 0 Å². The molecule has 0 N–H and O–H groups in total. The molecule has 0 saturated heterocycles. The molecule has 1 aromatic heterocycles. The summed E-state index contributed by atoms with van der Waals surface area (Å²) in [6.45, 7) is 7.60. The van der Waals surface area contributed by atoms with Crippen molar-refractivity contribution in [2.45, 2.75) is 13.8 Å². The second-order valence-electron chi connectivity index (χ2n) is 3.68. The first kappa shape index (κ1) is 19.6. The van der Waals surface area contributed by atoms with Crippen LogP contribution in [0.25, 0.3) is 17.2 Å². The average molecular weight is 353 g/mol. The number of rotatable bonds is 4. The Morgan fingerprint density at radius 2 is 1.48 bits per heavy atom. The monoisotopic (exact) mass is 353 g/mol. The number of allylic oxidation sites excluding steroid dienone is 4. The maximum Gasteiger partial charge on any atom is 0.151 e. The van der Waals surface area contributed by atoms with Gasteiger partial charge in [0.05, 0.1) is 0 Å². The number of hydrogen-bond donors (Lipinski definition) is 0. The fourth-order valence-electron chi connectivity index (χ4n) is 1.49. The Hall–Kier alpha value is -1.38. The Balaban J connectivity index is 0.00000128. The van der Waals surface area contributed by atoms with Gasteiger partial charge < -0.3 is 0 Å². The van der Waals surface area contributed by atoms with E-state index in [2.05, 4.69) is 16.5 Å². The van der Waals surface area contributed by atoms with Crippen LogP contribution in [-0.4, -0.2) is 9.97 Å². The quantitative estimate of drug-likeness (QED) is 0.729. The van der Waals surface area contributed by atoms with Crippen molar-refractivity contribution in [3.8, 4) is 11.1 Å². The van der Waals surface area contributed by atoms with E-state index in [0.717, 1.165) is 11.1 Å². The molecule has 0 amide bonds. The molecule has 0 aliphatic heterocycles. The van der Waals surface area contributed by atoms with Crippen molar-refractivity contribution < 1.29 is 32.7 Å². The summed E-state index contributed by atoms with van der Waals surface area (Å²) in [5, 5.41) is 0. The van der Waals surface area contributed by atoms with E-state index < -0.39 is 0 Å². The molecule has 0 saturated carbocycles. The van der Waals surface area contributed by atoms with Gasteiger partial charge in [0.25, 0.3) is 0 Å². The predicted octanol–water partition coefficient (Wildman–Crippen LogP) is 4.92. The average Bonchev–Trinajstić information content (AvgIpc) is 2.55. The zero-order valence-electron chi connectivity index (χ0n) is 12.6. The normalized spacial score (nSPS) is 9.81. The summed E-state index contributed by atoms with van der Waals surface area (Å²) in [6.07, 6.45) is 12.9. The third-order valence-corrected chi connectivity index (χ3v) is 2.38. The first-order valence-corrected chi connectivity index (χ1v) is 6.73. The van der Waals surface area contributed by atoms with Gasteiger partial charge >= 0.3 is 0 Å². The molecule has 21 heavy (non-hydrogen) atoms. The van der Waals surface area contributed by atoms with E-state index in [4.69, 9.17) is 0 Å². The van der Waals surface area contributed by atoms with E-state index in [-0.39, 0.29) is 32.7 Å². The molecule has 0 spiro atoms. The number of benzene rings is 1. The Morgan fingerprint density at radius 3 is 2.05 bits per heavy atom. The molecule has 0 aliphatic carbocycles. The van der Waals surface area contributed by atoms with Gasteiger partial charge in [0.1, 0.15) is 0 Å². The Bertz CT molecular complexity index is 558. The van der Waals surface area contributed by atoms with Crippen LogP contribution in [0.5, 0.6) is 0 Å². The third-order valence-electron chi connectivity index (χ3n) is 2.38. The molecule has 1 radical (unpaired) electrons. The Morgan fingerprint density at radius 1 is 0.857 bits per heavy atom. The second-order valence-corrected chi connectivity index (χ2v) is 3.68. The Labute approximate surface area is 152 Å². The fourth-order valence-corrected chi connectivity index (χ4v) is 1.49. The molecule has 1 heterocycles. The third kappa shape index (κ3) is 7.26. The van der Waals surface area contributed by atoms with Gasteiger partial charge in [-0.05, 0) is 11.6 Å². The first-order chi connectivity index (χ1) is 9.90. The second kappa shape index (κ2) is 12.4. The minimum Gasteiger partial charge on any atom is -0.236 e. The van der Waals surface area contributed by atoms with E-state index >= 15 is 0 Å². The maximum absolute atomic E-state index is 4.30. The molecule has 2 rings (SSSR count). The van der Waals surface area contributed by atoms with Crippen molar-refractivity contribution >= 4 is 6.08 Å². The maximum atomic E-state index is 4.30. The van der Waals surface area contributed by atoms with Crippen LogP contribution in [0.3, 0.4) is 0 Å². The van der Waals surface area contributed by atoms with E-state index in [1.54, 1.807) is 6.08 Å². The van der Waals surface area contributed by atoms with Gasteiger partial charge in [0.2, 0.25) is 0 Å². The van der Waals surface area contributed by atoms with Crippen LogP contribution in [0.2, 0.25) is 0 Å². The molecule has 0 atom stereocenters. The summed E-state index contributed by atoms with van der Waals surface area (Å²) in [5.74, 6) is 0.698. The summed E-state index contributed by atoms with van der Waals surface area (Å²) >= 11 is 0. The topological polar surface area (TPSA) is 25.8 Å². The van der Waals surface area contributed by atoms with Gasteiger partial charge in [-0.15, -0.1) is 0 Å². The molecule has 0 aliphatic rings. The van der Waals surface area contributed by atoms with Crippen molar-refractivity contribution in [3.63, 3.8) is 0 Å². The smallest absolute Gasteiger partial charge is 0.151 e. The van der Waals surface area contributed by atoms with Crippen molar-refractivity contribution in [3.05, 3.63) is 79.4 Å². The van der Waals surface area contributed by atoms with Crippen LogP contribution in [0.1, 0.15) is 19.7 Å². The molecule has 2 nitrogen and oxygen atoms in total. The molecule has 105 valence electrons. The van der Waals surface area contributed by atoms with Crippen molar-refractivity contribution in [1.29, 1.82) is 0 Å². The minimum atomic E-state index is 0. The summed E-state index contributed by atoms with van der Waals surface area (Å²) < 4.78 is 0. The van der Waals surface area contributed by atoms with E-state index in [9.17, 15) is 0 Å². The van der Waals surface area contributed by atoms with Crippen LogP contribution in [0.15, 0.2) is 73.6 Å². The Kier molecular flexibility index (Phi) is 11.6.